The largest absolute Gasteiger partial charge is 0.497 e. The van der Waals surface area contributed by atoms with Crippen LogP contribution in [0.25, 0.3) is 0 Å². The number of carbonyl (C=O) groups excluding carboxylic acids is 2. The summed E-state index contributed by atoms with van der Waals surface area (Å²) >= 11 is 0. The Morgan fingerprint density at radius 3 is 2.16 bits per heavy atom. The van der Waals surface area contributed by atoms with Crippen LogP contribution in [0.15, 0.2) is 108 Å². The number of anilines is 1. The first-order valence-corrected chi connectivity index (χ1v) is 16.4. The fourth-order valence-electron chi connectivity index (χ4n) is 5.04. The van der Waals surface area contributed by atoms with Crippen LogP contribution in [0.2, 0.25) is 0 Å². The quantitative estimate of drug-likeness (QED) is 0.206. The van der Waals surface area contributed by atoms with Gasteiger partial charge in [0, 0.05) is 25.1 Å². The number of sulfonamides is 1. The number of hydrogen-bond acceptors (Lipinski definition) is 5. The molecule has 1 unspecified atom stereocenters. The summed E-state index contributed by atoms with van der Waals surface area (Å²) in [6.07, 6.45) is 0.251. The topological polar surface area (TPSA) is 96.0 Å². The van der Waals surface area contributed by atoms with E-state index in [-0.39, 0.29) is 35.5 Å². The maximum atomic E-state index is 14.6. The van der Waals surface area contributed by atoms with Gasteiger partial charge in [0.2, 0.25) is 11.8 Å². The first kappa shape index (κ1) is 33.3. The summed E-state index contributed by atoms with van der Waals surface area (Å²) < 4.78 is 34.9. The molecule has 4 rings (SSSR count). The molecule has 0 aliphatic carbocycles. The number of carbonyl (C=O) groups is 2. The first-order chi connectivity index (χ1) is 21.5. The van der Waals surface area contributed by atoms with E-state index in [1.807, 2.05) is 82.3 Å². The molecule has 1 N–H and O–H groups in total. The van der Waals surface area contributed by atoms with Crippen LogP contribution in [0.4, 0.5) is 5.69 Å². The molecule has 45 heavy (non-hydrogen) atoms. The van der Waals surface area contributed by atoms with E-state index in [0.29, 0.717) is 5.75 Å². The molecule has 0 spiro atoms. The molecule has 0 aliphatic heterocycles. The summed E-state index contributed by atoms with van der Waals surface area (Å²) in [6, 6.07) is 29.2. The highest BCUT2D eigenvalue weighted by Crippen LogP contribution is 2.28. The third-order valence-corrected chi connectivity index (χ3v) is 9.32. The number of methoxy groups -OCH3 is 1. The Morgan fingerprint density at radius 1 is 0.844 bits per heavy atom. The van der Waals surface area contributed by atoms with E-state index in [2.05, 4.69) is 5.32 Å². The van der Waals surface area contributed by atoms with Crippen molar-refractivity contribution in [2.75, 3.05) is 18.0 Å². The van der Waals surface area contributed by atoms with Crippen LogP contribution in [-0.2, 0) is 32.6 Å². The molecule has 0 heterocycles. The molecule has 236 valence electrons. The molecule has 8 nitrogen and oxygen atoms in total. The number of amides is 2. The van der Waals surface area contributed by atoms with Gasteiger partial charge in [-0.2, -0.15) is 0 Å². The minimum atomic E-state index is -4.20. The van der Waals surface area contributed by atoms with E-state index in [4.69, 9.17) is 4.74 Å². The number of hydrogen-bond donors (Lipinski definition) is 1. The minimum Gasteiger partial charge on any atom is -0.497 e. The number of ether oxygens (including phenoxy) is 1. The Bertz CT molecular complexity index is 1710. The number of benzene rings is 4. The molecule has 0 aromatic heterocycles. The number of rotatable bonds is 13. The lowest BCUT2D eigenvalue weighted by atomic mass is 10.0. The van der Waals surface area contributed by atoms with Crippen LogP contribution in [0.1, 0.15) is 36.1 Å². The Morgan fingerprint density at radius 2 is 1.51 bits per heavy atom. The van der Waals surface area contributed by atoms with Crippen molar-refractivity contribution in [3.05, 3.63) is 125 Å². The van der Waals surface area contributed by atoms with Crippen molar-refractivity contribution in [3.63, 3.8) is 0 Å². The van der Waals surface area contributed by atoms with Crippen LogP contribution in [-0.4, -0.2) is 50.9 Å². The van der Waals surface area contributed by atoms with E-state index >= 15 is 0 Å². The second-order valence-corrected chi connectivity index (χ2v) is 13.2. The Kier molecular flexibility index (Phi) is 11.0. The van der Waals surface area contributed by atoms with E-state index < -0.39 is 28.5 Å². The average molecular weight is 628 g/mol. The zero-order chi connectivity index (χ0) is 32.6. The SMILES string of the molecule is COc1cccc(N(CC(=O)N(Cc2ccccc2C)C(Cc2ccccc2)C(=O)NC(C)C)S(=O)(=O)c2ccc(C)cc2)c1. The standard InChI is InChI=1S/C36H41N3O5S/c1-26(2)37-36(41)34(22-29-13-7-6-8-14-29)38(24-30-15-10-9-12-28(30)4)35(40)25-39(31-16-11-17-32(23-31)44-5)45(42,43)33-20-18-27(3)19-21-33/h6-21,23,26,34H,22,24-25H2,1-5H3,(H,37,41). The summed E-state index contributed by atoms with van der Waals surface area (Å²) in [5, 5.41) is 2.98. The highest BCUT2D eigenvalue weighted by Gasteiger charge is 2.35. The van der Waals surface area contributed by atoms with E-state index in [0.717, 1.165) is 26.6 Å². The van der Waals surface area contributed by atoms with Gasteiger partial charge in [0.05, 0.1) is 17.7 Å². The molecular weight excluding hydrogens is 586 g/mol. The van der Waals surface area contributed by atoms with E-state index in [9.17, 15) is 18.0 Å². The van der Waals surface area contributed by atoms with Crippen molar-refractivity contribution < 1.29 is 22.7 Å². The van der Waals surface area contributed by atoms with Gasteiger partial charge in [-0.15, -0.1) is 0 Å². The molecule has 0 bridgehead atoms. The Balaban J connectivity index is 1.83. The van der Waals surface area contributed by atoms with Crippen molar-refractivity contribution in [2.24, 2.45) is 0 Å². The molecule has 0 saturated carbocycles. The van der Waals surface area contributed by atoms with Crippen molar-refractivity contribution >= 4 is 27.5 Å². The fourth-order valence-corrected chi connectivity index (χ4v) is 6.44. The smallest absolute Gasteiger partial charge is 0.264 e. The lowest BCUT2D eigenvalue weighted by Crippen LogP contribution is -2.54. The summed E-state index contributed by atoms with van der Waals surface area (Å²) in [5.74, 6) is -0.388. The van der Waals surface area contributed by atoms with Gasteiger partial charge < -0.3 is 15.0 Å². The van der Waals surface area contributed by atoms with Crippen LogP contribution >= 0.6 is 0 Å². The summed E-state index contributed by atoms with van der Waals surface area (Å²) in [7, 11) is -2.71. The van der Waals surface area contributed by atoms with Gasteiger partial charge in [-0.1, -0.05) is 78.4 Å². The molecule has 4 aromatic carbocycles. The second kappa shape index (κ2) is 14.9. The molecule has 9 heteroatoms. The average Bonchev–Trinajstić information content (AvgIpc) is 3.02. The fraction of sp³-hybridized carbons (Fsp3) is 0.278. The van der Waals surface area contributed by atoms with Crippen LogP contribution in [0.3, 0.4) is 0 Å². The third-order valence-electron chi connectivity index (χ3n) is 7.53. The van der Waals surface area contributed by atoms with Gasteiger partial charge in [-0.3, -0.25) is 13.9 Å². The highest BCUT2D eigenvalue weighted by molar-refractivity contribution is 7.92. The summed E-state index contributed by atoms with van der Waals surface area (Å²) in [5.41, 5.74) is 3.86. The second-order valence-electron chi connectivity index (χ2n) is 11.3. The van der Waals surface area contributed by atoms with E-state index in [1.165, 1.54) is 24.1 Å². The number of aryl methyl sites for hydroxylation is 2. The molecule has 2 amide bonds. The van der Waals surface area contributed by atoms with Gasteiger partial charge >= 0.3 is 0 Å². The van der Waals surface area contributed by atoms with Gasteiger partial charge in [0.15, 0.2) is 0 Å². The highest BCUT2D eigenvalue weighted by atomic mass is 32.2. The number of nitrogens with one attached hydrogen (secondary N) is 1. The zero-order valence-corrected chi connectivity index (χ0v) is 27.3. The van der Waals surface area contributed by atoms with Crippen molar-refractivity contribution in [2.45, 2.75) is 57.6 Å². The van der Waals surface area contributed by atoms with Crippen molar-refractivity contribution in [3.8, 4) is 5.75 Å². The van der Waals surface area contributed by atoms with E-state index in [1.54, 1.807) is 36.4 Å². The molecule has 4 aromatic rings. The summed E-state index contributed by atoms with van der Waals surface area (Å²) in [4.78, 5) is 29.9. The van der Waals surface area contributed by atoms with Crippen LogP contribution < -0.4 is 14.4 Å². The molecular formula is C36H41N3O5S. The molecule has 1 atom stereocenters. The predicted molar refractivity (Wildman–Crippen MR) is 178 cm³/mol. The molecule has 0 radical (unpaired) electrons. The van der Waals surface area contributed by atoms with Gasteiger partial charge in [-0.25, -0.2) is 8.42 Å². The molecule has 0 fully saturated rings. The first-order valence-electron chi connectivity index (χ1n) is 14.9. The minimum absolute atomic E-state index is 0.0487. The van der Waals surface area contributed by atoms with Crippen LogP contribution in [0, 0.1) is 13.8 Å². The maximum absolute atomic E-state index is 14.6. The predicted octanol–water partition coefficient (Wildman–Crippen LogP) is 5.67. The Labute approximate surface area is 266 Å². The molecule has 0 saturated heterocycles. The Hall–Kier alpha value is -4.63. The van der Waals surface area contributed by atoms with Gasteiger partial charge in [0.1, 0.15) is 18.3 Å². The van der Waals surface area contributed by atoms with Crippen LogP contribution in [0.5, 0.6) is 5.75 Å². The lowest BCUT2D eigenvalue weighted by Gasteiger charge is -2.34. The third kappa shape index (κ3) is 8.51. The monoisotopic (exact) mass is 627 g/mol. The normalized spacial score (nSPS) is 12.0. The van der Waals surface area contributed by atoms with Crippen molar-refractivity contribution in [1.29, 1.82) is 0 Å². The van der Waals surface area contributed by atoms with Gasteiger partial charge in [0.25, 0.3) is 10.0 Å². The van der Waals surface area contributed by atoms with Crippen molar-refractivity contribution in [1.82, 2.24) is 10.2 Å². The number of nitrogens with zero attached hydrogens (tertiary/aromatic N) is 2. The molecule has 0 aliphatic rings. The van der Waals surface area contributed by atoms with Gasteiger partial charge in [-0.05, 0) is 68.7 Å². The zero-order valence-electron chi connectivity index (χ0n) is 26.4. The maximum Gasteiger partial charge on any atom is 0.264 e. The lowest BCUT2D eigenvalue weighted by molar-refractivity contribution is -0.140. The summed E-state index contributed by atoms with van der Waals surface area (Å²) in [6.45, 7) is 7.13.